The molecule has 0 fully saturated rings. The molecule has 0 saturated carbocycles. The highest BCUT2D eigenvalue weighted by atomic mass is 16.6. The number of rotatable bonds is 6. The molecule has 0 atom stereocenters. The summed E-state index contributed by atoms with van der Waals surface area (Å²) in [5, 5.41) is 0. The van der Waals surface area contributed by atoms with Gasteiger partial charge in [0.2, 0.25) is 0 Å². The highest BCUT2D eigenvalue weighted by molar-refractivity contribution is 6.07. The van der Waals surface area contributed by atoms with Gasteiger partial charge in [0, 0.05) is 11.1 Å². The van der Waals surface area contributed by atoms with E-state index in [4.69, 9.17) is 4.74 Å². The first-order valence-corrected chi connectivity index (χ1v) is 10.2. The Morgan fingerprint density at radius 3 is 1.72 bits per heavy atom. The van der Waals surface area contributed by atoms with Crippen LogP contribution < -0.4 is 9.64 Å². The smallest absolute Gasteiger partial charge is 0.409 e. The highest BCUT2D eigenvalue weighted by Crippen LogP contribution is 2.28. The standard InChI is InChI=1S/C28H21NO3/c30-26(22-12-4-1-5-13-22)21-20-23-14-10-11-19-27(23)32-28(31)29(24-15-6-2-7-16-24)25-17-8-3-9-18-25/h1-21H/b21-20+. The second kappa shape index (κ2) is 10.0. The van der Waals surface area contributed by atoms with Gasteiger partial charge in [-0.25, -0.2) is 9.69 Å². The van der Waals surface area contributed by atoms with Gasteiger partial charge in [-0.2, -0.15) is 0 Å². The number of carbonyl (C=O) groups excluding carboxylic acids is 2. The van der Waals surface area contributed by atoms with Crippen LogP contribution in [-0.4, -0.2) is 11.9 Å². The molecule has 0 bridgehead atoms. The number of ether oxygens (including phenoxy) is 1. The molecule has 0 unspecified atom stereocenters. The van der Waals surface area contributed by atoms with Crippen molar-refractivity contribution in [2.75, 3.05) is 4.90 Å². The Morgan fingerprint density at radius 1 is 0.625 bits per heavy atom. The molecule has 0 aliphatic rings. The summed E-state index contributed by atoms with van der Waals surface area (Å²) in [4.78, 5) is 27.2. The Balaban J connectivity index is 1.60. The van der Waals surface area contributed by atoms with E-state index in [0.29, 0.717) is 28.3 Å². The van der Waals surface area contributed by atoms with Crippen LogP contribution >= 0.6 is 0 Å². The van der Waals surface area contributed by atoms with Crippen LogP contribution in [0.1, 0.15) is 15.9 Å². The van der Waals surface area contributed by atoms with Gasteiger partial charge < -0.3 is 4.74 Å². The van der Waals surface area contributed by atoms with Crippen molar-refractivity contribution in [3.05, 3.63) is 132 Å². The predicted octanol–water partition coefficient (Wildman–Crippen LogP) is 6.92. The molecule has 4 rings (SSSR count). The normalized spacial score (nSPS) is 10.6. The maximum Gasteiger partial charge on any atom is 0.424 e. The average Bonchev–Trinajstić information content (AvgIpc) is 2.85. The van der Waals surface area contributed by atoms with E-state index < -0.39 is 6.09 Å². The maximum atomic E-state index is 13.2. The molecule has 0 radical (unpaired) electrons. The summed E-state index contributed by atoms with van der Waals surface area (Å²) < 4.78 is 5.78. The lowest BCUT2D eigenvalue weighted by Gasteiger charge is -2.22. The zero-order chi connectivity index (χ0) is 22.2. The molecule has 156 valence electrons. The number of anilines is 2. The van der Waals surface area contributed by atoms with Crippen molar-refractivity contribution in [2.45, 2.75) is 0 Å². The van der Waals surface area contributed by atoms with Crippen LogP contribution in [0.3, 0.4) is 0 Å². The van der Waals surface area contributed by atoms with E-state index in [0.717, 1.165) is 0 Å². The number of amides is 1. The Labute approximate surface area is 187 Å². The van der Waals surface area contributed by atoms with Crippen molar-refractivity contribution in [1.82, 2.24) is 0 Å². The Morgan fingerprint density at radius 2 is 1.12 bits per heavy atom. The molecule has 0 aliphatic carbocycles. The summed E-state index contributed by atoms with van der Waals surface area (Å²) in [7, 11) is 0. The average molecular weight is 419 g/mol. The molecule has 4 aromatic rings. The maximum absolute atomic E-state index is 13.2. The van der Waals surface area contributed by atoms with Crippen molar-refractivity contribution in [2.24, 2.45) is 0 Å². The molecule has 0 spiro atoms. The van der Waals surface area contributed by atoms with Gasteiger partial charge in [-0.1, -0.05) is 84.9 Å². The molecular formula is C28H21NO3. The summed E-state index contributed by atoms with van der Waals surface area (Å²) >= 11 is 0. The van der Waals surface area contributed by atoms with Crippen LogP contribution in [0.25, 0.3) is 6.08 Å². The minimum Gasteiger partial charge on any atom is -0.409 e. The van der Waals surface area contributed by atoms with Gasteiger partial charge in [-0.3, -0.25) is 4.79 Å². The number of carbonyl (C=O) groups is 2. The van der Waals surface area contributed by atoms with E-state index in [1.807, 2.05) is 84.9 Å². The first kappa shape index (κ1) is 20.8. The fourth-order valence-electron chi connectivity index (χ4n) is 3.23. The van der Waals surface area contributed by atoms with E-state index in [9.17, 15) is 9.59 Å². The monoisotopic (exact) mass is 419 g/mol. The van der Waals surface area contributed by atoms with Crippen LogP contribution in [0.4, 0.5) is 16.2 Å². The number of hydrogen-bond acceptors (Lipinski definition) is 3. The number of ketones is 1. The lowest BCUT2D eigenvalue weighted by atomic mass is 10.1. The molecule has 0 N–H and O–H groups in total. The summed E-state index contributed by atoms with van der Waals surface area (Å²) in [5.74, 6) is 0.244. The first-order chi connectivity index (χ1) is 15.7. The third-order valence-corrected chi connectivity index (χ3v) is 4.80. The fourth-order valence-corrected chi connectivity index (χ4v) is 3.23. The molecule has 0 aromatic heterocycles. The van der Waals surface area contributed by atoms with Gasteiger partial charge in [0.05, 0.1) is 11.4 Å². The van der Waals surface area contributed by atoms with E-state index in [1.165, 1.54) is 11.0 Å². The van der Waals surface area contributed by atoms with Crippen LogP contribution in [0.2, 0.25) is 0 Å². The third kappa shape index (κ3) is 4.99. The van der Waals surface area contributed by atoms with E-state index in [-0.39, 0.29) is 5.78 Å². The van der Waals surface area contributed by atoms with Gasteiger partial charge in [0.25, 0.3) is 0 Å². The molecular weight excluding hydrogens is 398 g/mol. The molecule has 0 aliphatic heterocycles. The Bertz CT molecular complexity index is 1180. The zero-order valence-electron chi connectivity index (χ0n) is 17.3. The van der Waals surface area contributed by atoms with Crippen molar-refractivity contribution in [3.8, 4) is 5.75 Å². The Kier molecular flexibility index (Phi) is 6.54. The second-order valence-electron chi connectivity index (χ2n) is 6.98. The van der Waals surface area contributed by atoms with Gasteiger partial charge in [-0.15, -0.1) is 0 Å². The lowest BCUT2D eigenvalue weighted by Crippen LogP contribution is -2.29. The van der Waals surface area contributed by atoms with Crippen LogP contribution in [0.5, 0.6) is 5.75 Å². The van der Waals surface area contributed by atoms with E-state index >= 15 is 0 Å². The summed E-state index contributed by atoms with van der Waals surface area (Å²) in [6.45, 7) is 0. The number of hydrogen-bond donors (Lipinski definition) is 0. The fraction of sp³-hybridized carbons (Fsp3) is 0. The van der Waals surface area contributed by atoms with Gasteiger partial charge in [0.15, 0.2) is 5.78 Å². The molecule has 1 amide bonds. The molecule has 4 aromatic carbocycles. The molecule has 0 heterocycles. The third-order valence-electron chi connectivity index (χ3n) is 4.80. The topological polar surface area (TPSA) is 46.6 Å². The number of para-hydroxylation sites is 3. The summed E-state index contributed by atoms with van der Waals surface area (Å²) in [6, 6.07) is 34.8. The van der Waals surface area contributed by atoms with Crippen LogP contribution in [0, 0.1) is 0 Å². The zero-order valence-corrected chi connectivity index (χ0v) is 17.3. The molecule has 32 heavy (non-hydrogen) atoms. The summed E-state index contributed by atoms with van der Waals surface area (Å²) in [6.07, 6.45) is 2.60. The number of allylic oxidation sites excluding steroid dienone is 1. The highest BCUT2D eigenvalue weighted by Gasteiger charge is 2.20. The van der Waals surface area contributed by atoms with Crippen LogP contribution in [0.15, 0.2) is 121 Å². The van der Waals surface area contributed by atoms with Crippen LogP contribution in [-0.2, 0) is 0 Å². The minimum atomic E-state index is -0.544. The SMILES string of the molecule is O=C(/C=C/c1ccccc1OC(=O)N(c1ccccc1)c1ccccc1)c1ccccc1. The Hall–Kier alpha value is -4.44. The minimum absolute atomic E-state index is 0.123. The number of benzene rings is 4. The molecule has 0 saturated heterocycles. The van der Waals surface area contributed by atoms with Crippen molar-refractivity contribution in [3.63, 3.8) is 0 Å². The van der Waals surface area contributed by atoms with Crippen molar-refractivity contribution in [1.29, 1.82) is 0 Å². The van der Waals surface area contributed by atoms with Crippen molar-refractivity contribution < 1.29 is 14.3 Å². The van der Waals surface area contributed by atoms with E-state index in [2.05, 4.69) is 0 Å². The van der Waals surface area contributed by atoms with Crippen molar-refractivity contribution >= 4 is 29.3 Å². The van der Waals surface area contributed by atoms with Gasteiger partial charge >= 0.3 is 6.09 Å². The second-order valence-corrected chi connectivity index (χ2v) is 6.98. The van der Waals surface area contributed by atoms with Gasteiger partial charge in [0.1, 0.15) is 5.75 Å². The van der Waals surface area contributed by atoms with Gasteiger partial charge in [-0.05, 0) is 42.5 Å². The molecule has 4 heteroatoms. The van der Waals surface area contributed by atoms with E-state index in [1.54, 1.807) is 36.4 Å². The molecule has 4 nitrogen and oxygen atoms in total. The number of nitrogens with zero attached hydrogens (tertiary/aromatic N) is 1. The quantitative estimate of drug-likeness (QED) is 0.252. The first-order valence-electron chi connectivity index (χ1n) is 10.2. The lowest BCUT2D eigenvalue weighted by molar-refractivity contribution is 0.104. The summed E-state index contributed by atoms with van der Waals surface area (Å²) in [5.41, 5.74) is 2.61. The largest absolute Gasteiger partial charge is 0.424 e. The predicted molar refractivity (Wildman–Crippen MR) is 127 cm³/mol.